The predicted molar refractivity (Wildman–Crippen MR) is 73.3 cm³/mol. The number of aromatic nitrogens is 1. The Morgan fingerprint density at radius 3 is 2.78 bits per heavy atom. The zero-order valence-electron chi connectivity index (χ0n) is 9.73. The molecule has 2 aromatic rings. The van der Waals surface area contributed by atoms with Gasteiger partial charge in [0.1, 0.15) is 11.4 Å². The fourth-order valence-corrected chi connectivity index (χ4v) is 2.12. The summed E-state index contributed by atoms with van der Waals surface area (Å²) in [5.41, 5.74) is 7.53. The number of rotatable bonds is 3. The van der Waals surface area contributed by atoms with E-state index in [0.717, 1.165) is 5.56 Å². The third kappa shape index (κ3) is 2.58. The highest BCUT2D eigenvalue weighted by atomic mass is 35.5. The van der Waals surface area contributed by atoms with E-state index in [4.69, 9.17) is 33.7 Å². The van der Waals surface area contributed by atoms with Gasteiger partial charge < -0.3 is 10.5 Å². The number of halogens is 2. The maximum absolute atomic E-state index is 6.18. The average molecular weight is 283 g/mol. The molecular weight excluding hydrogens is 271 g/mol. The van der Waals surface area contributed by atoms with Gasteiger partial charge in [-0.05, 0) is 35.9 Å². The number of nitrogens with two attached hydrogens (primary N) is 1. The minimum absolute atomic E-state index is 0.479. The van der Waals surface area contributed by atoms with Crippen molar-refractivity contribution in [2.75, 3.05) is 7.11 Å². The molecule has 1 atom stereocenters. The first-order chi connectivity index (χ1) is 8.63. The topological polar surface area (TPSA) is 48.1 Å². The summed E-state index contributed by atoms with van der Waals surface area (Å²) in [5, 5.41) is 1.14. The van der Waals surface area contributed by atoms with Crippen LogP contribution in [0.1, 0.15) is 17.3 Å². The molecule has 0 aliphatic rings. The van der Waals surface area contributed by atoms with E-state index < -0.39 is 6.04 Å². The van der Waals surface area contributed by atoms with Crippen LogP contribution in [0.15, 0.2) is 36.5 Å². The van der Waals surface area contributed by atoms with Gasteiger partial charge in [0.05, 0.1) is 13.2 Å². The van der Waals surface area contributed by atoms with Gasteiger partial charge in [-0.15, -0.1) is 0 Å². The molecule has 5 heteroatoms. The quantitative estimate of drug-likeness (QED) is 0.938. The molecule has 0 bridgehead atoms. The average Bonchev–Trinajstić information content (AvgIpc) is 2.40. The summed E-state index contributed by atoms with van der Waals surface area (Å²) >= 11 is 12.1. The number of ether oxygens (including phenoxy) is 1. The van der Waals surface area contributed by atoms with Crippen LogP contribution in [0.4, 0.5) is 0 Å². The largest absolute Gasteiger partial charge is 0.495 e. The Morgan fingerprint density at radius 2 is 2.06 bits per heavy atom. The van der Waals surface area contributed by atoms with Crippen molar-refractivity contribution in [2.24, 2.45) is 5.73 Å². The van der Waals surface area contributed by atoms with Gasteiger partial charge in [-0.25, -0.2) is 0 Å². The molecule has 94 valence electrons. The van der Waals surface area contributed by atoms with Gasteiger partial charge in [0.15, 0.2) is 0 Å². The lowest BCUT2D eigenvalue weighted by Gasteiger charge is -2.16. The summed E-state index contributed by atoms with van der Waals surface area (Å²) in [5.74, 6) is 0.626. The molecule has 0 radical (unpaired) electrons. The fourth-order valence-electron chi connectivity index (χ4n) is 1.71. The molecule has 1 unspecified atom stereocenters. The van der Waals surface area contributed by atoms with E-state index in [1.165, 1.54) is 0 Å². The van der Waals surface area contributed by atoms with E-state index >= 15 is 0 Å². The van der Waals surface area contributed by atoms with Gasteiger partial charge in [0, 0.05) is 16.2 Å². The summed E-state index contributed by atoms with van der Waals surface area (Å²) in [7, 11) is 1.58. The number of nitrogens with zero attached hydrogens (tertiary/aromatic N) is 1. The minimum atomic E-state index is -0.479. The molecule has 0 aliphatic carbocycles. The molecule has 0 fully saturated rings. The van der Waals surface area contributed by atoms with Crippen LogP contribution in [-0.4, -0.2) is 12.1 Å². The van der Waals surface area contributed by atoms with E-state index in [1.807, 2.05) is 0 Å². The molecule has 0 saturated heterocycles. The van der Waals surface area contributed by atoms with Crippen LogP contribution in [0.3, 0.4) is 0 Å². The van der Waals surface area contributed by atoms with Crippen molar-refractivity contribution in [3.05, 3.63) is 57.8 Å². The highest BCUT2D eigenvalue weighted by molar-refractivity contribution is 6.33. The molecule has 2 rings (SSSR count). The van der Waals surface area contributed by atoms with Gasteiger partial charge in [-0.1, -0.05) is 23.2 Å². The maximum atomic E-state index is 6.18. The normalized spacial score (nSPS) is 12.2. The first-order valence-electron chi connectivity index (χ1n) is 5.33. The molecule has 1 aromatic heterocycles. The monoisotopic (exact) mass is 282 g/mol. The lowest BCUT2D eigenvalue weighted by atomic mass is 10.0. The number of hydrogen-bond acceptors (Lipinski definition) is 3. The Kier molecular flexibility index (Phi) is 4.07. The Balaban J connectivity index is 2.47. The smallest absolute Gasteiger partial charge is 0.142 e. The molecule has 1 heterocycles. The lowest BCUT2D eigenvalue weighted by molar-refractivity contribution is 0.404. The SMILES string of the molecule is COc1cccnc1C(N)c1cc(Cl)ccc1Cl. The molecular formula is C13H12Cl2N2O. The van der Waals surface area contributed by atoms with Crippen LogP contribution < -0.4 is 10.5 Å². The standard InChI is InChI=1S/C13H12Cl2N2O/c1-18-11-3-2-6-17-13(11)12(16)9-7-8(14)4-5-10(9)15/h2-7,12H,16H2,1H3. The van der Waals surface area contributed by atoms with Crippen molar-refractivity contribution in [1.82, 2.24) is 4.98 Å². The maximum Gasteiger partial charge on any atom is 0.142 e. The fraction of sp³-hybridized carbons (Fsp3) is 0.154. The van der Waals surface area contributed by atoms with Crippen molar-refractivity contribution < 1.29 is 4.74 Å². The van der Waals surface area contributed by atoms with Crippen molar-refractivity contribution in [3.63, 3.8) is 0 Å². The number of hydrogen-bond donors (Lipinski definition) is 1. The third-order valence-electron chi connectivity index (χ3n) is 2.61. The highest BCUT2D eigenvalue weighted by Crippen LogP contribution is 2.31. The third-order valence-corrected chi connectivity index (χ3v) is 3.19. The van der Waals surface area contributed by atoms with Gasteiger partial charge >= 0.3 is 0 Å². The summed E-state index contributed by atoms with van der Waals surface area (Å²) in [6.45, 7) is 0. The predicted octanol–water partition coefficient (Wildman–Crippen LogP) is 3.45. The summed E-state index contributed by atoms with van der Waals surface area (Å²) in [6.07, 6.45) is 1.66. The molecule has 0 saturated carbocycles. The molecule has 1 aromatic carbocycles. The first-order valence-corrected chi connectivity index (χ1v) is 6.08. The van der Waals surface area contributed by atoms with Crippen LogP contribution in [0, 0.1) is 0 Å². The Morgan fingerprint density at radius 1 is 1.28 bits per heavy atom. The van der Waals surface area contributed by atoms with Gasteiger partial charge in [-0.2, -0.15) is 0 Å². The van der Waals surface area contributed by atoms with E-state index in [2.05, 4.69) is 4.98 Å². The van der Waals surface area contributed by atoms with E-state index in [9.17, 15) is 0 Å². The molecule has 0 aliphatic heterocycles. The molecule has 2 N–H and O–H groups in total. The molecule has 3 nitrogen and oxygen atoms in total. The van der Waals surface area contributed by atoms with Crippen LogP contribution in [-0.2, 0) is 0 Å². The Labute approximate surface area is 115 Å². The summed E-state index contributed by atoms with van der Waals surface area (Å²) in [6, 6.07) is 8.29. The minimum Gasteiger partial charge on any atom is -0.495 e. The van der Waals surface area contributed by atoms with Gasteiger partial charge in [0.25, 0.3) is 0 Å². The Hall–Kier alpha value is -1.29. The highest BCUT2D eigenvalue weighted by Gasteiger charge is 2.18. The van der Waals surface area contributed by atoms with Crippen LogP contribution in [0.25, 0.3) is 0 Å². The lowest BCUT2D eigenvalue weighted by Crippen LogP contribution is -2.15. The first kappa shape index (κ1) is 13.1. The van der Waals surface area contributed by atoms with Crippen molar-refractivity contribution in [1.29, 1.82) is 0 Å². The van der Waals surface area contributed by atoms with E-state index in [0.29, 0.717) is 21.5 Å². The van der Waals surface area contributed by atoms with Gasteiger partial charge in [-0.3, -0.25) is 4.98 Å². The van der Waals surface area contributed by atoms with Crippen LogP contribution in [0.5, 0.6) is 5.75 Å². The number of benzene rings is 1. The van der Waals surface area contributed by atoms with Gasteiger partial charge in [0.2, 0.25) is 0 Å². The van der Waals surface area contributed by atoms with Crippen molar-refractivity contribution in [3.8, 4) is 5.75 Å². The zero-order valence-corrected chi connectivity index (χ0v) is 11.2. The number of pyridine rings is 1. The van der Waals surface area contributed by atoms with Crippen molar-refractivity contribution in [2.45, 2.75) is 6.04 Å². The van der Waals surface area contributed by atoms with E-state index in [1.54, 1.807) is 43.6 Å². The number of methoxy groups -OCH3 is 1. The molecule has 0 spiro atoms. The van der Waals surface area contributed by atoms with E-state index in [-0.39, 0.29) is 0 Å². The van der Waals surface area contributed by atoms with Crippen molar-refractivity contribution >= 4 is 23.2 Å². The summed E-state index contributed by atoms with van der Waals surface area (Å²) in [4.78, 5) is 4.24. The molecule has 0 amide bonds. The Bertz CT molecular complexity index is 560. The zero-order chi connectivity index (χ0) is 13.1. The van der Waals surface area contributed by atoms with Crippen LogP contribution in [0.2, 0.25) is 10.0 Å². The second kappa shape index (κ2) is 5.57. The molecule has 18 heavy (non-hydrogen) atoms. The summed E-state index contributed by atoms with van der Waals surface area (Å²) < 4.78 is 5.24. The second-order valence-corrected chi connectivity index (χ2v) is 4.58. The van der Waals surface area contributed by atoms with Crippen LogP contribution >= 0.6 is 23.2 Å². The second-order valence-electron chi connectivity index (χ2n) is 3.73.